The van der Waals surface area contributed by atoms with Crippen LogP contribution in [0.1, 0.15) is 59.8 Å². The van der Waals surface area contributed by atoms with Gasteiger partial charge in [0.15, 0.2) is 0 Å². The van der Waals surface area contributed by atoms with Gasteiger partial charge in [0.05, 0.1) is 0 Å². The van der Waals surface area contributed by atoms with Gasteiger partial charge in [-0.15, -0.1) is 0 Å². The molecule has 8 N–H and O–H groups in total. The van der Waals surface area contributed by atoms with Crippen LogP contribution in [0.15, 0.2) is 0 Å². The molecule has 0 aliphatic carbocycles. The Morgan fingerprint density at radius 2 is 1.41 bits per heavy atom. The van der Waals surface area contributed by atoms with E-state index in [9.17, 15) is 33.9 Å². The molecule has 13 nitrogen and oxygen atoms in total. The molecule has 0 rings (SSSR count). The molecule has 0 aromatic carbocycles. The Morgan fingerprint density at radius 1 is 0.844 bits per heavy atom. The highest BCUT2D eigenvalue weighted by Gasteiger charge is 2.41. The molecule has 2 atom stereocenters. The van der Waals surface area contributed by atoms with E-state index < -0.39 is 65.2 Å². The van der Waals surface area contributed by atoms with Crippen LogP contribution in [0.4, 0.5) is 4.79 Å². The Balaban J connectivity index is 5.25. The van der Waals surface area contributed by atoms with E-state index in [1.54, 1.807) is 27.7 Å². The number of aliphatic carboxylic acids is 3. The van der Waals surface area contributed by atoms with Crippen LogP contribution in [0.3, 0.4) is 0 Å². The maximum absolute atomic E-state index is 12.2. The Hall–Kier alpha value is -3.38. The summed E-state index contributed by atoms with van der Waals surface area (Å²) < 4.78 is 0. The van der Waals surface area contributed by atoms with Crippen molar-refractivity contribution in [3.8, 4) is 0 Å². The number of amides is 4. The Bertz CT molecular complexity index is 749. The third-order valence-corrected chi connectivity index (χ3v) is 4.53. The van der Waals surface area contributed by atoms with Gasteiger partial charge >= 0.3 is 23.9 Å². The van der Waals surface area contributed by atoms with Crippen molar-refractivity contribution in [2.45, 2.75) is 77.4 Å². The van der Waals surface area contributed by atoms with Crippen LogP contribution in [0, 0.1) is 5.41 Å². The number of carbonyl (C=O) groups is 6. The topological polar surface area (TPSA) is 225 Å². The molecule has 0 radical (unpaired) electrons. The Morgan fingerprint density at radius 3 is 1.84 bits per heavy atom. The van der Waals surface area contributed by atoms with Crippen LogP contribution >= 0.6 is 0 Å². The smallest absolute Gasteiger partial charge is 0.326 e. The number of carbonyl (C=O) groups excluding carboxylic acids is 3. The number of hydrogen-bond acceptors (Lipinski definition) is 6. The fourth-order valence-electron chi connectivity index (χ4n) is 3.41. The quantitative estimate of drug-likeness (QED) is 0.179. The van der Waals surface area contributed by atoms with Crippen molar-refractivity contribution in [2.75, 3.05) is 0 Å². The second-order valence-corrected chi connectivity index (χ2v) is 8.78. The second kappa shape index (κ2) is 11.9. The molecule has 0 spiro atoms. The summed E-state index contributed by atoms with van der Waals surface area (Å²) in [4.78, 5) is 68.8. The van der Waals surface area contributed by atoms with E-state index in [1.165, 1.54) is 0 Å². The van der Waals surface area contributed by atoms with Crippen molar-refractivity contribution in [3.63, 3.8) is 0 Å². The van der Waals surface area contributed by atoms with Gasteiger partial charge in [-0.25, -0.2) is 14.4 Å². The minimum absolute atomic E-state index is 0.0843. The molecule has 0 aromatic heterocycles. The highest BCUT2D eigenvalue weighted by molar-refractivity contribution is 5.87. The molecule has 2 unspecified atom stereocenters. The van der Waals surface area contributed by atoms with Crippen molar-refractivity contribution >= 4 is 35.8 Å². The van der Waals surface area contributed by atoms with Gasteiger partial charge in [-0.1, -0.05) is 13.8 Å². The standard InChI is InChI=1S/C19H32N4O9/c1-18(2,9-19(3,4)23-12(25)7-6-11(20)24)14(16(30)31)22-17(32)21-10(15(28)29)5-8-13(26)27/h10,14H,5-9H2,1-4H3,(H2,20,24)(H,23,25)(H,26,27)(H,28,29)(H,30,31)(H2,21,22,32). The molecule has 0 fully saturated rings. The van der Waals surface area contributed by atoms with Gasteiger partial charge in [0.1, 0.15) is 12.1 Å². The predicted octanol–water partition coefficient (Wildman–Crippen LogP) is -0.367. The molecule has 0 aromatic rings. The summed E-state index contributed by atoms with van der Waals surface area (Å²) in [6.45, 7) is 6.37. The van der Waals surface area contributed by atoms with Crippen molar-refractivity contribution in [3.05, 3.63) is 0 Å². The van der Waals surface area contributed by atoms with Crippen LogP contribution in [0.5, 0.6) is 0 Å². The van der Waals surface area contributed by atoms with Gasteiger partial charge < -0.3 is 37.0 Å². The van der Waals surface area contributed by atoms with Gasteiger partial charge in [0.2, 0.25) is 11.8 Å². The molecule has 13 heteroatoms. The molecule has 0 heterocycles. The minimum Gasteiger partial charge on any atom is -0.481 e. The van der Waals surface area contributed by atoms with E-state index in [-0.39, 0.29) is 25.7 Å². The average Bonchev–Trinajstić information content (AvgIpc) is 2.59. The minimum atomic E-state index is -1.52. The fourth-order valence-corrected chi connectivity index (χ4v) is 3.41. The van der Waals surface area contributed by atoms with Gasteiger partial charge in [0, 0.05) is 24.8 Å². The number of nitrogens with one attached hydrogen (secondary N) is 3. The predicted molar refractivity (Wildman–Crippen MR) is 110 cm³/mol. The van der Waals surface area contributed by atoms with Gasteiger partial charge in [-0.05, 0) is 32.1 Å². The summed E-state index contributed by atoms with van der Waals surface area (Å²) in [6, 6.07) is -4.09. The molecular weight excluding hydrogens is 428 g/mol. The third kappa shape index (κ3) is 11.1. The molecule has 0 aliphatic rings. The second-order valence-electron chi connectivity index (χ2n) is 8.78. The first-order valence-corrected chi connectivity index (χ1v) is 9.80. The summed E-state index contributed by atoms with van der Waals surface area (Å²) in [5, 5.41) is 34.4. The summed E-state index contributed by atoms with van der Waals surface area (Å²) in [5.41, 5.74) is 2.97. The molecular formula is C19H32N4O9. The number of nitrogens with two attached hydrogens (primary N) is 1. The number of hydrogen-bond donors (Lipinski definition) is 7. The highest BCUT2D eigenvalue weighted by atomic mass is 16.4. The SMILES string of the molecule is CC(C)(CC(C)(C)C(NC(=O)NC(CCC(=O)O)C(=O)O)C(=O)O)NC(=O)CCC(N)=O. The van der Waals surface area contributed by atoms with Crippen molar-refractivity contribution in [1.29, 1.82) is 0 Å². The number of primary amides is 1. The molecule has 0 bridgehead atoms. The monoisotopic (exact) mass is 460 g/mol. The zero-order valence-corrected chi connectivity index (χ0v) is 18.6. The molecule has 0 saturated heterocycles. The van der Waals surface area contributed by atoms with Gasteiger partial charge in [0.25, 0.3) is 0 Å². The zero-order valence-electron chi connectivity index (χ0n) is 18.6. The van der Waals surface area contributed by atoms with E-state index in [2.05, 4.69) is 16.0 Å². The number of urea groups is 1. The molecule has 4 amide bonds. The summed E-state index contributed by atoms with van der Waals surface area (Å²) in [5.74, 6) is -5.19. The lowest BCUT2D eigenvalue weighted by Crippen LogP contribution is -2.58. The van der Waals surface area contributed by atoms with Gasteiger partial charge in [-0.3, -0.25) is 14.4 Å². The van der Waals surface area contributed by atoms with Crippen molar-refractivity contribution in [1.82, 2.24) is 16.0 Å². The van der Waals surface area contributed by atoms with E-state index in [4.69, 9.17) is 15.9 Å². The molecule has 182 valence electrons. The lowest BCUT2D eigenvalue weighted by atomic mass is 9.74. The summed E-state index contributed by atoms with van der Waals surface area (Å²) in [6.07, 6.45) is -1.08. The molecule has 0 aliphatic heterocycles. The van der Waals surface area contributed by atoms with E-state index in [0.717, 1.165) is 0 Å². The maximum Gasteiger partial charge on any atom is 0.326 e. The normalized spacial score (nSPS) is 13.4. The number of carboxylic acids is 3. The van der Waals surface area contributed by atoms with Crippen molar-refractivity contribution in [2.24, 2.45) is 11.1 Å². The van der Waals surface area contributed by atoms with Crippen LogP contribution in [-0.4, -0.2) is 68.7 Å². The Kier molecular flexibility index (Phi) is 10.6. The van der Waals surface area contributed by atoms with E-state index in [0.29, 0.717) is 0 Å². The van der Waals surface area contributed by atoms with E-state index in [1.807, 2.05) is 0 Å². The molecule has 0 saturated carbocycles. The first kappa shape index (κ1) is 28.6. The summed E-state index contributed by atoms with van der Waals surface area (Å²) in [7, 11) is 0. The number of rotatable bonds is 14. The first-order valence-electron chi connectivity index (χ1n) is 9.80. The van der Waals surface area contributed by atoms with Crippen LogP contribution in [-0.2, 0) is 24.0 Å². The highest BCUT2D eigenvalue weighted by Crippen LogP contribution is 2.32. The third-order valence-electron chi connectivity index (χ3n) is 4.53. The summed E-state index contributed by atoms with van der Waals surface area (Å²) >= 11 is 0. The lowest BCUT2D eigenvalue weighted by molar-refractivity contribution is -0.143. The van der Waals surface area contributed by atoms with Crippen LogP contribution < -0.4 is 21.7 Å². The largest absolute Gasteiger partial charge is 0.481 e. The first-order chi connectivity index (χ1) is 14.5. The van der Waals surface area contributed by atoms with Gasteiger partial charge in [-0.2, -0.15) is 0 Å². The average molecular weight is 460 g/mol. The lowest BCUT2D eigenvalue weighted by Gasteiger charge is -2.39. The number of carboxylic acid groups (broad SMARTS) is 3. The Labute approximate surface area is 185 Å². The van der Waals surface area contributed by atoms with E-state index >= 15 is 0 Å². The zero-order chi connectivity index (χ0) is 25.3. The molecule has 32 heavy (non-hydrogen) atoms. The van der Waals surface area contributed by atoms with Crippen LogP contribution in [0.25, 0.3) is 0 Å². The fraction of sp³-hybridized carbons (Fsp3) is 0.684. The maximum atomic E-state index is 12.2. The van der Waals surface area contributed by atoms with Crippen molar-refractivity contribution < 1.29 is 44.1 Å². The van der Waals surface area contributed by atoms with Crippen LogP contribution in [0.2, 0.25) is 0 Å².